The van der Waals surface area contributed by atoms with E-state index in [0.717, 1.165) is 29.1 Å². The van der Waals surface area contributed by atoms with Crippen molar-refractivity contribution in [3.05, 3.63) is 112 Å². The van der Waals surface area contributed by atoms with Crippen molar-refractivity contribution in [2.75, 3.05) is 0 Å². The first-order chi connectivity index (χ1) is 15.3. The topological polar surface area (TPSA) is 12.9 Å². The summed E-state index contributed by atoms with van der Waals surface area (Å²) in [4.78, 5) is 5.24. The van der Waals surface area contributed by atoms with Crippen LogP contribution in [-0.2, 0) is 12.2 Å². The summed E-state index contributed by atoms with van der Waals surface area (Å²) in [6.07, 6.45) is 10.1. The Balaban J connectivity index is 2.18. The lowest BCUT2D eigenvalue weighted by atomic mass is 9.97. The molecule has 0 atom stereocenters. The summed E-state index contributed by atoms with van der Waals surface area (Å²) < 4.78 is 0. The number of pyridine rings is 1. The van der Waals surface area contributed by atoms with Gasteiger partial charge in [-0.2, -0.15) is 0 Å². The summed E-state index contributed by atoms with van der Waals surface area (Å²) in [7, 11) is 0. The van der Waals surface area contributed by atoms with Gasteiger partial charge in [0, 0.05) is 23.1 Å². The van der Waals surface area contributed by atoms with E-state index < -0.39 is 0 Å². The monoisotopic (exact) mass is 443 g/mol. The lowest BCUT2D eigenvalue weighted by Gasteiger charge is -2.15. The molecule has 0 aliphatic heterocycles. The van der Waals surface area contributed by atoms with Crippen molar-refractivity contribution in [3.63, 3.8) is 0 Å². The van der Waals surface area contributed by atoms with Crippen molar-refractivity contribution < 1.29 is 0 Å². The number of benzene rings is 1. The molecule has 2 aromatic rings. The Labute approximate surface area is 199 Å². The van der Waals surface area contributed by atoms with Crippen molar-refractivity contribution >= 4 is 11.8 Å². The molecule has 0 aliphatic rings. The van der Waals surface area contributed by atoms with Gasteiger partial charge < -0.3 is 0 Å². The number of aromatic nitrogens is 1. The molecule has 2 heteroatoms. The Kier molecular flexibility index (Phi) is 9.99. The number of rotatable bonds is 10. The fourth-order valence-corrected chi connectivity index (χ4v) is 4.29. The molecule has 32 heavy (non-hydrogen) atoms. The summed E-state index contributed by atoms with van der Waals surface area (Å²) in [5.41, 5.74) is 11.3. The Morgan fingerprint density at radius 1 is 0.875 bits per heavy atom. The van der Waals surface area contributed by atoms with Gasteiger partial charge in [0.1, 0.15) is 0 Å². The first-order valence-corrected chi connectivity index (χ1v) is 12.3. The molecule has 0 spiro atoms. The van der Waals surface area contributed by atoms with Gasteiger partial charge in [0.25, 0.3) is 0 Å². The van der Waals surface area contributed by atoms with Gasteiger partial charge in [-0.3, -0.25) is 4.98 Å². The third kappa shape index (κ3) is 6.97. The SMILES string of the molecule is C=C(SCc1cc(-c2ccncc2)ccc1CC)/C(C)=C(\C)C(=C)/C(C)=C\C=C(\C)CC. The van der Waals surface area contributed by atoms with Gasteiger partial charge in [-0.1, -0.05) is 62.9 Å². The van der Waals surface area contributed by atoms with Crippen LogP contribution in [0, 0.1) is 0 Å². The second kappa shape index (κ2) is 12.5. The third-order valence-electron chi connectivity index (χ3n) is 6.09. The largest absolute Gasteiger partial charge is 0.265 e. The molecule has 0 aliphatic carbocycles. The van der Waals surface area contributed by atoms with Gasteiger partial charge in [0.05, 0.1) is 0 Å². The van der Waals surface area contributed by atoms with Crippen LogP contribution in [-0.4, -0.2) is 4.98 Å². The highest BCUT2D eigenvalue weighted by Crippen LogP contribution is 2.33. The molecule has 0 amide bonds. The van der Waals surface area contributed by atoms with E-state index in [2.05, 4.69) is 102 Å². The standard InChI is InChI=1S/C30H37NS/c1-9-21(3)11-12-22(4)23(5)24(6)25(7)26(8)32-20-30-19-29(14-13-27(30)10-2)28-15-17-31-18-16-28/h11-19H,5,8-10,20H2,1-4,6-7H3/b21-11-,22-12-,25-24+. The Hall–Kier alpha value is -2.58. The minimum Gasteiger partial charge on any atom is -0.265 e. The molecule has 2 rings (SSSR count). The van der Waals surface area contributed by atoms with E-state index in [1.165, 1.54) is 44.5 Å². The van der Waals surface area contributed by atoms with Crippen LogP contribution in [0.4, 0.5) is 0 Å². The molecule has 0 radical (unpaired) electrons. The lowest BCUT2D eigenvalue weighted by Crippen LogP contribution is -1.95. The van der Waals surface area contributed by atoms with Gasteiger partial charge >= 0.3 is 0 Å². The highest BCUT2D eigenvalue weighted by Gasteiger charge is 2.10. The zero-order valence-electron chi connectivity index (χ0n) is 20.6. The summed E-state index contributed by atoms with van der Waals surface area (Å²) in [6.45, 7) is 21.7. The van der Waals surface area contributed by atoms with E-state index in [9.17, 15) is 0 Å². The maximum atomic E-state index is 4.38. The van der Waals surface area contributed by atoms with E-state index in [0.29, 0.717) is 0 Å². The van der Waals surface area contributed by atoms with Crippen molar-refractivity contribution in [2.24, 2.45) is 0 Å². The third-order valence-corrected chi connectivity index (χ3v) is 7.20. The number of nitrogens with zero attached hydrogens (tertiary/aromatic N) is 1. The van der Waals surface area contributed by atoms with Gasteiger partial charge in [0.2, 0.25) is 0 Å². The van der Waals surface area contributed by atoms with Crippen LogP contribution in [0.5, 0.6) is 0 Å². The molecule has 1 heterocycles. The van der Waals surface area contributed by atoms with Crippen LogP contribution in [0.1, 0.15) is 59.1 Å². The maximum Gasteiger partial charge on any atom is 0.0273 e. The predicted octanol–water partition coefficient (Wildman–Crippen LogP) is 9.25. The van der Waals surface area contributed by atoms with Crippen LogP contribution < -0.4 is 0 Å². The molecular weight excluding hydrogens is 406 g/mol. The predicted molar refractivity (Wildman–Crippen MR) is 145 cm³/mol. The van der Waals surface area contributed by atoms with E-state index in [4.69, 9.17) is 0 Å². The number of hydrogen-bond donors (Lipinski definition) is 0. The average molecular weight is 444 g/mol. The first-order valence-electron chi connectivity index (χ1n) is 11.3. The van der Waals surface area contributed by atoms with Crippen molar-refractivity contribution in [2.45, 2.75) is 60.1 Å². The first kappa shape index (κ1) is 25.7. The highest BCUT2D eigenvalue weighted by atomic mass is 32.2. The molecule has 0 unspecified atom stereocenters. The lowest BCUT2D eigenvalue weighted by molar-refractivity contribution is 1.10. The number of allylic oxidation sites excluding steroid dienone is 7. The maximum absolute atomic E-state index is 4.38. The Bertz CT molecular complexity index is 1050. The number of aryl methyl sites for hydroxylation is 1. The Morgan fingerprint density at radius 2 is 1.56 bits per heavy atom. The van der Waals surface area contributed by atoms with E-state index >= 15 is 0 Å². The Morgan fingerprint density at radius 3 is 2.19 bits per heavy atom. The molecule has 1 nitrogen and oxygen atoms in total. The van der Waals surface area contributed by atoms with Gasteiger partial charge in [-0.05, 0) is 97.2 Å². The zero-order chi connectivity index (χ0) is 23.7. The van der Waals surface area contributed by atoms with Crippen molar-refractivity contribution in [1.82, 2.24) is 4.98 Å². The molecule has 1 aromatic carbocycles. The van der Waals surface area contributed by atoms with Gasteiger partial charge in [-0.25, -0.2) is 0 Å². The number of hydrogen-bond acceptors (Lipinski definition) is 2. The second-order valence-electron chi connectivity index (χ2n) is 8.23. The molecule has 1 aromatic heterocycles. The molecule has 0 N–H and O–H groups in total. The van der Waals surface area contributed by atoms with E-state index in [1.807, 2.05) is 24.2 Å². The van der Waals surface area contributed by atoms with E-state index in [1.54, 1.807) is 0 Å². The fourth-order valence-electron chi connectivity index (χ4n) is 3.32. The molecule has 0 bridgehead atoms. The minimum atomic E-state index is 0.908. The summed E-state index contributed by atoms with van der Waals surface area (Å²) >= 11 is 1.81. The highest BCUT2D eigenvalue weighted by molar-refractivity contribution is 8.02. The molecular formula is C30H37NS. The van der Waals surface area contributed by atoms with E-state index in [-0.39, 0.29) is 0 Å². The second-order valence-corrected chi connectivity index (χ2v) is 9.30. The van der Waals surface area contributed by atoms with Crippen molar-refractivity contribution in [3.8, 4) is 11.1 Å². The van der Waals surface area contributed by atoms with Crippen LogP contribution in [0.15, 0.2) is 101 Å². The smallest absolute Gasteiger partial charge is 0.0273 e. The van der Waals surface area contributed by atoms with Gasteiger partial charge in [0.15, 0.2) is 0 Å². The minimum absolute atomic E-state index is 0.908. The van der Waals surface area contributed by atoms with Gasteiger partial charge in [-0.15, -0.1) is 11.8 Å². The zero-order valence-corrected chi connectivity index (χ0v) is 21.4. The molecule has 0 saturated heterocycles. The summed E-state index contributed by atoms with van der Waals surface area (Å²) in [6, 6.07) is 10.9. The quantitative estimate of drug-likeness (QED) is 0.339. The average Bonchev–Trinajstić information content (AvgIpc) is 2.84. The summed E-state index contributed by atoms with van der Waals surface area (Å²) in [5, 5.41) is 0. The van der Waals surface area contributed by atoms with Crippen LogP contribution in [0.2, 0.25) is 0 Å². The van der Waals surface area contributed by atoms with Crippen LogP contribution >= 0.6 is 11.8 Å². The van der Waals surface area contributed by atoms with Crippen LogP contribution in [0.3, 0.4) is 0 Å². The molecule has 168 valence electrons. The van der Waals surface area contributed by atoms with Crippen molar-refractivity contribution in [1.29, 1.82) is 0 Å². The normalized spacial score (nSPS) is 13.1. The molecule has 0 saturated carbocycles. The fraction of sp³-hybridized carbons (Fsp3) is 0.300. The summed E-state index contributed by atoms with van der Waals surface area (Å²) in [5.74, 6) is 0.908. The number of thioether (sulfide) groups is 1. The molecule has 0 fully saturated rings. The van der Waals surface area contributed by atoms with Crippen LogP contribution in [0.25, 0.3) is 11.1 Å².